The molecule has 0 fully saturated rings. The van der Waals surface area contributed by atoms with Crippen molar-refractivity contribution in [3.63, 3.8) is 0 Å². The van der Waals surface area contributed by atoms with Gasteiger partial charge in [-0.2, -0.15) is 0 Å². The van der Waals surface area contributed by atoms with Gasteiger partial charge in [0, 0.05) is 46.4 Å². The highest BCUT2D eigenvalue weighted by Gasteiger charge is 2.21. The van der Waals surface area contributed by atoms with Crippen molar-refractivity contribution >= 4 is 84.8 Å². The van der Waals surface area contributed by atoms with Crippen LogP contribution in [-0.2, 0) is 0 Å². The molecule has 3 heteroatoms. The molecule has 0 bridgehead atoms. The Hall–Kier alpha value is -5.22. The Morgan fingerprint density at radius 3 is 1.89 bits per heavy atom. The third-order valence-corrected chi connectivity index (χ3v) is 12.1. The standard InChI is InChI=1S/C44H29NS2/c1-26-15-21-37-35(23-26)36-24-27(2)16-22-38(36)45(37)39-13-8-12-34-42-30(19-20-31(44(42)47-43(34)39)28-9-4-3-5-10-28)29-17-18-33-32-11-6-7-14-40(32)46-41(33)25-29/h3-25H,1-2H3. The van der Waals surface area contributed by atoms with Crippen LogP contribution in [0, 0.1) is 13.8 Å². The van der Waals surface area contributed by atoms with Gasteiger partial charge in [0.2, 0.25) is 0 Å². The first kappa shape index (κ1) is 26.9. The molecule has 0 N–H and O–H groups in total. The van der Waals surface area contributed by atoms with Gasteiger partial charge in [-0.3, -0.25) is 0 Å². The summed E-state index contributed by atoms with van der Waals surface area (Å²) in [5.41, 5.74) is 11.4. The van der Waals surface area contributed by atoms with Crippen LogP contribution in [0.3, 0.4) is 0 Å². The average Bonchev–Trinajstić information content (AvgIpc) is 3.77. The quantitative estimate of drug-likeness (QED) is 0.182. The first-order valence-electron chi connectivity index (χ1n) is 16.1. The Labute approximate surface area is 280 Å². The minimum Gasteiger partial charge on any atom is -0.308 e. The molecule has 0 aliphatic carbocycles. The Balaban J connectivity index is 1.31. The topological polar surface area (TPSA) is 4.93 Å². The fourth-order valence-electron chi connectivity index (χ4n) is 7.55. The second-order valence-electron chi connectivity index (χ2n) is 12.7. The monoisotopic (exact) mass is 635 g/mol. The van der Waals surface area contributed by atoms with Gasteiger partial charge in [-0.25, -0.2) is 0 Å². The summed E-state index contributed by atoms with van der Waals surface area (Å²) >= 11 is 3.82. The van der Waals surface area contributed by atoms with E-state index in [-0.39, 0.29) is 0 Å². The maximum absolute atomic E-state index is 2.49. The molecule has 0 radical (unpaired) electrons. The highest BCUT2D eigenvalue weighted by Crippen LogP contribution is 2.48. The van der Waals surface area contributed by atoms with Crippen molar-refractivity contribution in [2.45, 2.75) is 13.8 Å². The number of benzene rings is 7. The Morgan fingerprint density at radius 1 is 0.426 bits per heavy atom. The van der Waals surface area contributed by atoms with Crippen LogP contribution in [-0.4, -0.2) is 4.57 Å². The van der Waals surface area contributed by atoms with Crippen LogP contribution in [0.15, 0.2) is 140 Å². The SMILES string of the molecule is Cc1ccc2c(c1)c1cc(C)ccc1n2-c1cccc2c1sc1c(-c3ccccc3)ccc(-c3ccc4c(c3)sc3ccccc34)c12. The molecular weight excluding hydrogens is 607 g/mol. The fourth-order valence-corrected chi connectivity index (χ4v) is 10.1. The van der Waals surface area contributed by atoms with Crippen molar-refractivity contribution in [2.24, 2.45) is 0 Å². The van der Waals surface area contributed by atoms with E-state index in [1.54, 1.807) is 0 Å². The number of hydrogen-bond acceptors (Lipinski definition) is 2. The summed E-state index contributed by atoms with van der Waals surface area (Å²) in [5.74, 6) is 0. The van der Waals surface area contributed by atoms with Gasteiger partial charge in [-0.1, -0.05) is 108 Å². The van der Waals surface area contributed by atoms with Gasteiger partial charge in [0.1, 0.15) is 0 Å². The number of thiophene rings is 2. The average molecular weight is 636 g/mol. The summed E-state index contributed by atoms with van der Waals surface area (Å²) in [5, 5.41) is 7.93. The van der Waals surface area contributed by atoms with E-state index in [2.05, 4.69) is 158 Å². The second-order valence-corrected chi connectivity index (χ2v) is 14.8. The van der Waals surface area contributed by atoms with Gasteiger partial charge in [0.25, 0.3) is 0 Å². The molecule has 3 aromatic heterocycles. The smallest absolute Gasteiger partial charge is 0.0640 e. The Bertz CT molecular complexity index is 2800. The number of rotatable bonds is 3. The molecule has 3 heterocycles. The Morgan fingerprint density at radius 2 is 1.11 bits per heavy atom. The summed E-state index contributed by atoms with van der Waals surface area (Å²) in [6.07, 6.45) is 0. The molecule has 0 spiro atoms. The molecule has 7 aromatic carbocycles. The van der Waals surface area contributed by atoms with E-state index in [0.717, 1.165) is 0 Å². The van der Waals surface area contributed by atoms with Crippen LogP contribution in [0.2, 0.25) is 0 Å². The molecule has 0 unspecified atom stereocenters. The lowest BCUT2D eigenvalue weighted by Crippen LogP contribution is -1.94. The van der Waals surface area contributed by atoms with E-state index in [9.17, 15) is 0 Å². The molecule has 0 saturated carbocycles. The molecule has 0 saturated heterocycles. The molecule has 0 atom stereocenters. The molecule has 10 aromatic rings. The Kier molecular flexibility index (Phi) is 5.81. The molecule has 1 nitrogen and oxygen atoms in total. The number of fused-ring (bicyclic) bond motifs is 9. The maximum atomic E-state index is 2.49. The number of hydrogen-bond donors (Lipinski definition) is 0. The van der Waals surface area contributed by atoms with Crippen LogP contribution in [0.4, 0.5) is 0 Å². The lowest BCUT2D eigenvalue weighted by atomic mass is 9.94. The predicted molar refractivity (Wildman–Crippen MR) is 207 cm³/mol. The zero-order chi connectivity index (χ0) is 31.2. The molecule has 47 heavy (non-hydrogen) atoms. The number of aromatic nitrogens is 1. The molecule has 0 aliphatic heterocycles. The van der Waals surface area contributed by atoms with E-state index < -0.39 is 0 Å². The van der Waals surface area contributed by atoms with Crippen LogP contribution in [0.1, 0.15) is 11.1 Å². The second kappa shape index (κ2) is 10.1. The van der Waals surface area contributed by atoms with Crippen molar-refractivity contribution in [3.8, 4) is 27.9 Å². The molecule has 222 valence electrons. The van der Waals surface area contributed by atoms with Crippen LogP contribution >= 0.6 is 22.7 Å². The van der Waals surface area contributed by atoms with Crippen LogP contribution in [0.25, 0.3) is 90.1 Å². The maximum Gasteiger partial charge on any atom is 0.0640 e. The summed E-state index contributed by atoms with van der Waals surface area (Å²) < 4.78 is 7.81. The van der Waals surface area contributed by atoms with Crippen molar-refractivity contribution in [2.75, 3.05) is 0 Å². The minimum absolute atomic E-state index is 1.24. The summed E-state index contributed by atoms with van der Waals surface area (Å²) in [4.78, 5) is 0. The van der Waals surface area contributed by atoms with Crippen molar-refractivity contribution in [1.29, 1.82) is 0 Å². The largest absolute Gasteiger partial charge is 0.308 e. The first-order chi connectivity index (χ1) is 23.1. The zero-order valence-electron chi connectivity index (χ0n) is 26.0. The van der Waals surface area contributed by atoms with E-state index in [4.69, 9.17) is 0 Å². The van der Waals surface area contributed by atoms with E-state index in [1.165, 1.54) is 101 Å². The van der Waals surface area contributed by atoms with Crippen LogP contribution < -0.4 is 0 Å². The summed E-state index contributed by atoms with van der Waals surface area (Å²) in [6.45, 7) is 4.38. The normalized spacial score (nSPS) is 12.0. The van der Waals surface area contributed by atoms with Crippen molar-refractivity contribution < 1.29 is 0 Å². The molecule has 0 amide bonds. The van der Waals surface area contributed by atoms with E-state index >= 15 is 0 Å². The van der Waals surface area contributed by atoms with E-state index in [1.807, 2.05) is 22.7 Å². The van der Waals surface area contributed by atoms with Gasteiger partial charge >= 0.3 is 0 Å². The number of aryl methyl sites for hydroxylation is 2. The fraction of sp³-hybridized carbons (Fsp3) is 0.0455. The van der Waals surface area contributed by atoms with Crippen LogP contribution in [0.5, 0.6) is 0 Å². The summed E-state index contributed by atoms with van der Waals surface area (Å²) in [7, 11) is 0. The lowest BCUT2D eigenvalue weighted by molar-refractivity contribution is 1.20. The predicted octanol–water partition coefficient (Wildman–Crippen LogP) is 13.5. The van der Waals surface area contributed by atoms with Gasteiger partial charge < -0.3 is 4.57 Å². The third-order valence-electron chi connectivity index (χ3n) is 9.72. The van der Waals surface area contributed by atoms with E-state index in [0.29, 0.717) is 0 Å². The first-order valence-corrected chi connectivity index (χ1v) is 17.7. The highest BCUT2D eigenvalue weighted by molar-refractivity contribution is 7.27. The van der Waals surface area contributed by atoms with Crippen molar-refractivity contribution in [1.82, 2.24) is 4.57 Å². The van der Waals surface area contributed by atoms with Gasteiger partial charge in [0.15, 0.2) is 0 Å². The van der Waals surface area contributed by atoms with Gasteiger partial charge in [-0.15, -0.1) is 22.7 Å². The van der Waals surface area contributed by atoms with Crippen molar-refractivity contribution in [3.05, 3.63) is 151 Å². The zero-order valence-corrected chi connectivity index (χ0v) is 27.7. The molecular formula is C44H29NS2. The third kappa shape index (κ3) is 4.00. The highest BCUT2D eigenvalue weighted by atomic mass is 32.1. The lowest BCUT2D eigenvalue weighted by Gasteiger charge is -2.11. The molecule has 0 aliphatic rings. The van der Waals surface area contributed by atoms with Gasteiger partial charge in [-0.05, 0) is 78.6 Å². The summed E-state index contributed by atoms with van der Waals surface area (Å²) in [6, 6.07) is 52.0. The number of nitrogens with zero attached hydrogens (tertiary/aromatic N) is 1. The minimum atomic E-state index is 1.24. The van der Waals surface area contributed by atoms with Gasteiger partial charge in [0.05, 0.1) is 21.4 Å². The molecule has 10 rings (SSSR count).